The molecule has 26 heavy (non-hydrogen) atoms. The van der Waals surface area contributed by atoms with E-state index >= 15 is 0 Å². The first kappa shape index (κ1) is 16.9. The van der Waals surface area contributed by atoms with Crippen molar-refractivity contribution < 1.29 is 47.5 Å². The summed E-state index contributed by atoms with van der Waals surface area (Å²) in [4.78, 5) is 12.4. The molecule has 8 nitrogen and oxygen atoms in total. The molecule has 3 aliphatic rings. The van der Waals surface area contributed by atoms with Gasteiger partial charge in [0.25, 0.3) is 5.91 Å². The highest BCUT2D eigenvalue weighted by atomic mass is 19.4. The van der Waals surface area contributed by atoms with Gasteiger partial charge in [-0.2, -0.15) is 0 Å². The van der Waals surface area contributed by atoms with E-state index in [1.54, 1.807) is 0 Å². The summed E-state index contributed by atoms with van der Waals surface area (Å²) >= 11 is 0. The summed E-state index contributed by atoms with van der Waals surface area (Å²) in [6.07, 6.45) is -9.57. The highest BCUT2D eigenvalue weighted by molar-refractivity contribution is 6.07. The molecule has 2 heterocycles. The number of aromatic hydroxyl groups is 1. The maximum absolute atomic E-state index is 12.7. The molecule has 0 fully saturated rings. The molecule has 1 aliphatic carbocycles. The molecule has 0 radical (unpaired) electrons. The van der Waals surface area contributed by atoms with Gasteiger partial charge in [-0.1, -0.05) is 0 Å². The van der Waals surface area contributed by atoms with Crippen molar-refractivity contribution in [2.45, 2.75) is 30.7 Å². The lowest BCUT2D eigenvalue weighted by molar-refractivity contribution is -0.355. The van der Waals surface area contributed by atoms with Gasteiger partial charge in [0, 0.05) is 5.56 Å². The lowest BCUT2D eigenvalue weighted by Crippen LogP contribution is -2.59. The number of hydrogen-bond acceptors (Lipinski definition) is 7. The van der Waals surface area contributed by atoms with Crippen molar-refractivity contribution in [2.75, 3.05) is 6.79 Å². The molecule has 4 atom stereocenters. The van der Waals surface area contributed by atoms with Crippen molar-refractivity contribution in [2.24, 2.45) is 0 Å². The van der Waals surface area contributed by atoms with Crippen molar-refractivity contribution in [1.82, 2.24) is 5.32 Å². The van der Waals surface area contributed by atoms with E-state index in [9.17, 15) is 33.3 Å². The molecule has 4 rings (SSSR count). The first-order valence-electron chi connectivity index (χ1n) is 7.46. The Kier molecular flexibility index (Phi) is 3.58. The molecular weight excluding hydrogens is 363 g/mol. The second kappa shape index (κ2) is 5.50. The molecule has 0 unspecified atom stereocenters. The van der Waals surface area contributed by atoms with Crippen LogP contribution < -0.4 is 14.8 Å². The van der Waals surface area contributed by atoms with E-state index in [2.05, 4.69) is 10.1 Å². The van der Waals surface area contributed by atoms with Gasteiger partial charge in [-0.05, 0) is 17.7 Å². The zero-order chi connectivity index (χ0) is 18.8. The van der Waals surface area contributed by atoms with Gasteiger partial charge in [0.15, 0.2) is 11.5 Å². The molecule has 11 heteroatoms. The lowest BCUT2D eigenvalue weighted by atomic mass is 9.79. The molecule has 0 spiro atoms. The second-order valence-corrected chi connectivity index (χ2v) is 5.96. The third kappa shape index (κ3) is 2.47. The van der Waals surface area contributed by atoms with Gasteiger partial charge < -0.3 is 30.1 Å². The SMILES string of the molecule is O=C1N[C@@H]2C(=C[C@H](O)[C@@H](O)[C@H]2OC(F)(F)F)c2cc3c(c(O)c21)OCO3. The number of ether oxygens (including phenoxy) is 3. The van der Waals surface area contributed by atoms with Gasteiger partial charge in [-0.25, -0.2) is 0 Å². The number of amides is 1. The molecule has 0 bridgehead atoms. The number of aliphatic hydroxyl groups excluding tert-OH is 2. The van der Waals surface area contributed by atoms with Crippen LogP contribution in [0.3, 0.4) is 0 Å². The number of benzene rings is 1. The standard InChI is InChI=1S/C15H12F3NO7/c16-15(17,18)26-13-9-5(1-6(20)10(13)21)4-2-7-12(25-3-24-7)11(22)8(4)14(23)19-9/h1-2,6,9-10,13,20-22H,3H2,(H,19,23)/t6-,9+,10+,13-/m0/s1. The molecule has 0 saturated heterocycles. The summed E-state index contributed by atoms with van der Waals surface area (Å²) in [5, 5.41) is 32.4. The molecule has 2 aliphatic heterocycles. The zero-order valence-electron chi connectivity index (χ0n) is 12.8. The molecule has 0 saturated carbocycles. The number of aliphatic hydroxyl groups is 2. The highest BCUT2D eigenvalue weighted by Gasteiger charge is 2.49. The second-order valence-electron chi connectivity index (χ2n) is 5.96. The van der Waals surface area contributed by atoms with Crippen LogP contribution in [0, 0.1) is 0 Å². The summed E-state index contributed by atoms with van der Waals surface area (Å²) in [7, 11) is 0. The Balaban J connectivity index is 1.86. The fourth-order valence-electron chi connectivity index (χ4n) is 3.36. The van der Waals surface area contributed by atoms with Crippen molar-refractivity contribution in [1.29, 1.82) is 0 Å². The van der Waals surface area contributed by atoms with Crippen LogP contribution in [-0.4, -0.2) is 58.7 Å². The summed E-state index contributed by atoms with van der Waals surface area (Å²) in [6, 6.07) is -0.0703. The highest BCUT2D eigenvalue weighted by Crippen LogP contribution is 2.49. The largest absolute Gasteiger partial charge is 0.522 e. The number of halogens is 3. The molecule has 0 aromatic heterocycles. The van der Waals surface area contributed by atoms with Gasteiger partial charge in [-0.15, -0.1) is 13.2 Å². The summed E-state index contributed by atoms with van der Waals surface area (Å²) in [6.45, 7) is -0.197. The Labute approximate surface area is 143 Å². The molecule has 140 valence electrons. The van der Waals surface area contributed by atoms with E-state index < -0.39 is 42.4 Å². The minimum atomic E-state index is -5.10. The molecule has 1 amide bonds. The third-order valence-electron chi connectivity index (χ3n) is 4.43. The van der Waals surface area contributed by atoms with Crippen LogP contribution in [0.1, 0.15) is 15.9 Å². The predicted molar refractivity (Wildman–Crippen MR) is 76.4 cm³/mol. The van der Waals surface area contributed by atoms with Crippen LogP contribution in [0.5, 0.6) is 17.2 Å². The van der Waals surface area contributed by atoms with E-state index in [1.807, 2.05) is 0 Å². The fourth-order valence-corrected chi connectivity index (χ4v) is 3.36. The number of alkyl halides is 3. The zero-order valence-corrected chi connectivity index (χ0v) is 12.8. The van der Waals surface area contributed by atoms with Crippen LogP contribution >= 0.6 is 0 Å². The quantitative estimate of drug-likeness (QED) is 0.556. The lowest BCUT2D eigenvalue weighted by Gasteiger charge is -2.41. The Morgan fingerprint density at radius 3 is 2.69 bits per heavy atom. The van der Waals surface area contributed by atoms with E-state index in [0.29, 0.717) is 0 Å². The predicted octanol–water partition coefficient (Wildman–Crippen LogP) is 0.257. The van der Waals surface area contributed by atoms with E-state index in [-0.39, 0.29) is 35.0 Å². The first-order chi connectivity index (χ1) is 12.2. The minimum Gasteiger partial charge on any atom is -0.504 e. The van der Waals surface area contributed by atoms with Crippen molar-refractivity contribution in [3.05, 3.63) is 23.3 Å². The van der Waals surface area contributed by atoms with Crippen molar-refractivity contribution in [3.63, 3.8) is 0 Å². The number of phenols is 1. The number of hydrogen-bond donors (Lipinski definition) is 4. The normalized spacial score (nSPS) is 29.6. The third-order valence-corrected chi connectivity index (χ3v) is 4.43. The van der Waals surface area contributed by atoms with Gasteiger partial charge in [0.1, 0.15) is 18.3 Å². The average Bonchev–Trinajstić information content (AvgIpc) is 3.01. The van der Waals surface area contributed by atoms with Crippen LogP contribution in [0.25, 0.3) is 5.57 Å². The fraction of sp³-hybridized carbons (Fsp3) is 0.400. The Hall–Kier alpha value is -2.50. The van der Waals surface area contributed by atoms with Gasteiger partial charge >= 0.3 is 6.36 Å². The van der Waals surface area contributed by atoms with E-state index in [4.69, 9.17) is 9.47 Å². The number of fused-ring (bicyclic) bond motifs is 4. The van der Waals surface area contributed by atoms with Crippen LogP contribution in [-0.2, 0) is 4.74 Å². The van der Waals surface area contributed by atoms with Crippen LogP contribution in [0.2, 0.25) is 0 Å². The summed E-state index contributed by atoms with van der Waals surface area (Å²) in [5.41, 5.74) is -0.117. The molecular formula is C15H12F3NO7. The number of carbonyl (C=O) groups excluding carboxylic acids is 1. The number of nitrogens with one attached hydrogen (secondary N) is 1. The summed E-state index contributed by atoms with van der Waals surface area (Å²) in [5.74, 6) is -1.36. The van der Waals surface area contributed by atoms with Gasteiger partial charge in [0.2, 0.25) is 12.5 Å². The Morgan fingerprint density at radius 1 is 1.27 bits per heavy atom. The number of rotatable bonds is 1. The monoisotopic (exact) mass is 375 g/mol. The topological polar surface area (TPSA) is 117 Å². The number of phenolic OH excluding ortho intramolecular Hbond substituents is 1. The van der Waals surface area contributed by atoms with E-state index in [1.165, 1.54) is 6.07 Å². The molecule has 1 aromatic carbocycles. The maximum Gasteiger partial charge on any atom is 0.522 e. The maximum atomic E-state index is 12.7. The minimum absolute atomic E-state index is 0.0558. The van der Waals surface area contributed by atoms with Crippen LogP contribution in [0.15, 0.2) is 12.1 Å². The van der Waals surface area contributed by atoms with Crippen molar-refractivity contribution in [3.8, 4) is 17.2 Å². The van der Waals surface area contributed by atoms with E-state index in [0.717, 1.165) is 6.08 Å². The van der Waals surface area contributed by atoms with Crippen LogP contribution in [0.4, 0.5) is 13.2 Å². The molecule has 4 N–H and O–H groups in total. The summed E-state index contributed by atoms with van der Waals surface area (Å²) < 4.78 is 52.3. The first-order valence-corrected chi connectivity index (χ1v) is 7.46. The smallest absolute Gasteiger partial charge is 0.504 e. The Morgan fingerprint density at radius 2 is 2.00 bits per heavy atom. The Bertz CT molecular complexity index is 822. The molecule has 1 aromatic rings. The number of carbonyl (C=O) groups is 1. The van der Waals surface area contributed by atoms with Gasteiger partial charge in [0.05, 0.1) is 11.6 Å². The van der Waals surface area contributed by atoms with Crippen molar-refractivity contribution >= 4 is 11.5 Å². The average molecular weight is 375 g/mol. The van der Waals surface area contributed by atoms with Gasteiger partial charge in [-0.3, -0.25) is 9.53 Å².